The van der Waals surface area contributed by atoms with Crippen LogP contribution in [0.4, 0.5) is 4.79 Å². The molecule has 7 heteroatoms. The van der Waals surface area contributed by atoms with Crippen LogP contribution in [-0.2, 0) is 14.3 Å². The van der Waals surface area contributed by atoms with E-state index in [2.05, 4.69) is 10.1 Å². The van der Waals surface area contributed by atoms with Gasteiger partial charge in [0.05, 0.1) is 7.11 Å². The summed E-state index contributed by atoms with van der Waals surface area (Å²) in [4.78, 5) is 38.5. The Bertz CT molecular complexity index is 524. The van der Waals surface area contributed by atoms with Crippen molar-refractivity contribution in [2.75, 3.05) is 13.7 Å². The normalized spacial score (nSPS) is 25.8. The fourth-order valence-electron chi connectivity index (χ4n) is 3.84. The van der Waals surface area contributed by atoms with Gasteiger partial charge in [0.15, 0.2) is 0 Å². The van der Waals surface area contributed by atoms with Crippen LogP contribution in [0.5, 0.6) is 0 Å². The molecule has 0 spiro atoms. The molecule has 0 radical (unpaired) electrons. The maximum absolute atomic E-state index is 13.2. The molecule has 2 N–H and O–H groups in total. The molecule has 2 fully saturated rings. The highest BCUT2D eigenvalue weighted by Crippen LogP contribution is 2.46. The van der Waals surface area contributed by atoms with E-state index in [0.717, 1.165) is 19.3 Å². The van der Waals surface area contributed by atoms with E-state index in [4.69, 9.17) is 0 Å². The van der Waals surface area contributed by atoms with Gasteiger partial charge >= 0.3 is 12.1 Å². The van der Waals surface area contributed by atoms with Gasteiger partial charge in [-0.15, -0.1) is 0 Å². The number of hydrogen-bond donors (Lipinski definition) is 2. The minimum atomic E-state index is -1.13. The van der Waals surface area contributed by atoms with Crippen molar-refractivity contribution >= 4 is 18.0 Å². The summed E-state index contributed by atoms with van der Waals surface area (Å²) in [6.45, 7) is 5.94. The smallest absolute Gasteiger partial charge is 0.407 e. The highest BCUT2D eigenvalue weighted by atomic mass is 16.5. The molecule has 2 amide bonds. The van der Waals surface area contributed by atoms with Gasteiger partial charge in [0.25, 0.3) is 0 Å². The number of carboxylic acids is 1. The number of methoxy groups -OCH3 is 1. The first kappa shape index (κ1) is 18.5. The Morgan fingerprint density at radius 1 is 1.25 bits per heavy atom. The molecule has 24 heavy (non-hydrogen) atoms. The zero-order valence-corrected chi connectivity index (χ0v) is 14.9. The van der Waals surface area contributed by atoms with E-state index in [0.29, 0.717) is 19.4 Å². The average molecular weight is 340 g/mol. The van der Waals surface area contributed by atoms with E-state index in [1.165, 1.54) is 12.0 Å². The number of carbonyl (C=O) groups excluding carboxylic acids is 2. The molecule has 2 atom stereocenters. The Morgan fingerprint density at radius 3 is 2.29 bits per heavy atom. The minimum Gasteiger partial charge on any atom is -0.479 e. The third-order valence-corrected chi connectivity index (χ3v) is 5.40. The summed E-state index contributed by atoms with van der Waals surface area (Å²) in [5.74, 6) is -1.26. The first-order valence-electron chi connectivity index (χ1n) is 8.54. The van der Waals surface area contributed by atoms with Crippen LogP contribution in [0.3, 0.4) is 0 Å². The molecule has 0 bridgehead atoms. The van der Waals surface area contributed by atoms with Gasteiger partial charge in [-0.25, -0.2) is 9.59 Å². The number of nitrogens with zero attached hydrogens (tertiary/aromatic N) is 1. The zero-order valence-electron chi connectivity index (χ0n) is 14.9. The van der Waals surface area contributed by atoms with Crippen molar-refractivity contribution in [3.8, 4) is 0 Å². The first-order valence-corrected chi connectivity index (χ1v) is 8.54. The van der Waals surface area contributed by atoms with Crippen molar-refractivity contribution in [2.24, 2.45) is 11.3 Å². The van der Waals surface area contributed by atoms with E-state index < -0.39 is 29.1 Å². The topological polar surface area (TPSA) is 95.9 Å². The number of hydrogen-bond acceptors (Lipinski definition) is 4. The summed E-state index contributed by atoms with van der Waals surface area (Å²) in [5, 5.41) is 12.5. The van der Waals surface area contributed by atoms with Gasteiger partial charge < -0.3 is 20.1 Å². The fraction of sp³-hybridized carbons (Fsp3) is 0.824. The van der Waals surface area contributed by atoms with Crippen molar-refractivity contribution < 1.29 is 24.2 Å². The van der Waals surface area contributed by atoms with Gasteiger partial charge in [0, 0.05) is 6.54 Å². The van der Waals surface area contributed by atoms with E-state index in [-0.39, 0.29) is 11.8 Å². The number of carbonyl (C=O) groups is 3. The maximum Gasteiger partial charge on any atom is 0.407 e. The molecule has 0 aromatic rings. The van der Waals surface area contributed by atoms with Gasteiger partial charge in [-0.1, -0.05) is 27.2 Å². The average Bonchev–Trinajstić information content (AvgIpc) is 2.86. The Morgan fingerprint density at radius 2 is 1.88 bits per heavy atom. The lowest BCUT2D eigenvalue weighted by atomic mass is 9.69. The number of nitrogens with one attached hydrogen (secondary N) is 1. The Labute approximate surface area is 142 Å². The van der Waals surface area contributed by atoms with Gasteiger partial charge in [-0.2, -0.15) is 0 Å². The SMILES string of the molecule is COC(=O)NC(C(=O)N1CCC[C@]1(C(=O)O)C1CCC1)C(C)(C)C. The molecule has 7 nitrogen and oxygen atoms in total. The molecular weight excluding hydrogens is 312 g/mol. The number of aliphatic carboxylic acids is 1. The van der Waals surface area contributed by atoms with Gasteiger partial charge in [0.1, 0.15) is 11.6 Å². The van der Waals surface area contributed by atoms with Crippen molar-refractivity contribution in [3.05, 3.63) is 0 Å². The third kappa shape index (κ3) is 3.08. The molecule has 0 aromatic carbocycles. The highest BCUT2D eigenvalue weighted by Gasteiger charge is 2.57. The lowest BCUT2D eigenvalue weighted by molar-refractivity contribution is -0.165. The second-order valence-corrected chi connectivity index (χ2v) is 7.89. The molecule has 1 saturated heterocycles. The number of amides is 2. The maximum atomic E-state index is 13.2. The molecule has 1 saturated carbocycles. The minimum absolute atomic E-state index is 0.000181. The molecular formula is C17H28N2O5. The van der Waals surface area contributed by atoms with Crippen LogP contribution in [-0.4, -0.2) is 53.2 Å². The molecule has 2 aliphatic rings. The predicted molar refractivity (Wildman–Crippen MR) is 87.4 cm³/mol. The molecule has 1 unspecified atom stereocenters. The van der Waals surface area contributed by atoms with Gasteiger partial charge in [0.2, 0.25) is 5.91 Å². The number of ether oxygens (including phenoxy) is 1. The van der Waals surface area contributed by atoms with Crippen LogP contribution in [0.1, 0.15) is 52.9 Å². The van der Waals surface area contributed by atoms with Crippen molar-refractivity contribution in [1.29, 1.82) is 0 Å². The van der Waals surface area contributed by atoms with Crippen molar-refractivity contribution in [3.63, 3.8) is 0 Å². The summed E-state index contributed by atoms with van der Waals surface area (Å²) < 4.78 is 4.63. The molecule has 1 aliphatic heterocycles. The quantitative estimate of drug-likeness (QED) is 0.816. The zero-order chi connectivity index (χ0) is 18.1. The van der Waals surface area contributed by atoms with E-state index >= 15 is 0 Å². The van der Waals surface area contributed by atoms with Crippen LogP contribution in [0.15, 0.2) is 0 Å². The monoisotopic (exact) mass is 340 g/mol. The molecule has 1 heterocycles. The van der Waals surface area contributed by atoms with E-state index in [1.54, 1.807) is 0 Å². The molecule has 2 rings (SSSR count). The lowest BCUT2D eigenvalue weighted by Gasteiger charge is -2.47. The number of alkyl carbamates (subject to hydrolysis) is 1. The van der Waals surface area contributed by atoms with Crippen LogP contribution in [0, 0.1) is 11.3 Å². The molecule has 0 aromatic heterocycles. The standard InChI is InChI=1S/C17H28N2O5/c1-16(2,3)12(18-15(23)24-4)13(20)19-10-6-9-17(19,14(21)22)11-7-5-8-11/h11-12H,5-10H2,1-4H3,(H,18,23)(H,21,22)/t12?,17-/m1/s1. The number of likely N-dealkylation sites (tertiary alicyclic amines) is 1. The van der Waals surface area contributed by atoms with Crippen LogP contribution < -0.4 is 5.32 Å². The van der Waals surface area contributed by atoms with Crippen molar-refractivity contribution in [2.45, 2.75) is 64.5 Å². The van der Waals surface area contributed by atoms with E-state index in [1.807, 2.05) is 20.8 Å². The Hall–Kier alpha value is -1.79. The molecule has 136 valence electrons. The third-order valence-electron chi connectivity index (χ3n) is 5.40. The number of rotatable bonds is 4. The first-order chi connectivity index (χ1) is 11.1. The van der Waals surface area contributed by atoms with Crippen LogP contribution >= 0.6 is 0 Å². The fourth-order valence-corrected chi connectivity index (χ4v) is 3.84. The lowest BCUT2D eigenvalue weighted by Crippen LogP contribution is -2.64. The summed E-state index contributed by atoms with van der Waals surface area (Å²) in [5.41, 5.74) is -1.69. The Kier molecular flexibility index (Phi) is 5.11. The summed E-state index contributed by atoms with van der Waals surface area (Å²) in [7, 11) is 1.24. The van der Waals surface area contributed by atoms with Crippen LogP contribution in [0.2, 0.25) is 0 Å². The second kappa shape index (κ2) is 6.61. The summed E-state index contributed by atoms with van der Waals surface area (Å²) >= 11 is 0. The summed E-state index contributed by atoms with van der Waals surface area (Å²) in [6.07, 6.45) is 3.14. The summed E-state index contributed by atoms with van der Waals surface area (Å²) in [6, 6.07) is -0.832. The van der Waals surface area contributed by atoms with Crippen molar-refractivity contribution in [1.82, 2.24) is 10.2 Å². The Balaban J connectivity index is 2.33. The highest BCUT2D eigenvalue weighted by molar-refractivity contribution is 5.92. The van der Waals surface area contributed by atoms with Crippen LogP contribution in [0.25, 0.3) is 0 Å². The predicted octanol–water partition coefficient (Wildman–Crippen LogP) is 2.00. The van der Waals surface area contributed by atoms with Gasteiger partial charge in [-0.3, -0.25) is 4.79 Å². The van der Waals surface area contributed by atoms with E-state index in [9.17, 15) is 19.5 Å². The second-order valence-electron chi connectivity index (χ2n) is 7.89. The number of carboxylic acid groups (broad SMARTS) is 1. The largest absolute Gasteiger partial charge is 0.479 e. The van der Waals surface area contributed by atoms with Gasteiger partial charge in [-0.05, 0) is 37.0 Å². The molecule has 1 aliphatic carbocycles.